The Morgan fingerprint density at radius 3 is 2.31 bits per heavy atom. The van der Waals surface area contributed by atoms with E-state index in [1.807, 2.05) is 0 Å². The van der Waals surface area contributed by atoms with Gasteiger partial charge in [0.2, 0.25) is 5.91 Å². The minimum absolute atomic E-state index is 0.0327. The fourth-order valence-electron chi connectivity index (χ4n) is 2.58. The van der Waals surface area contributed by atoms with Gasteiger partial charge in [0, 0.05) is 5.02 Å². The van der Waals surface area contributed by atoms with Crippen molar-refractivity contribution in [3.8, 4) is 0 Å². The lowest BCUT2D eigenvalue weighted by molar-refractivity contribution is -0.114. The van der Waals surface area contributed by atoms with Crippen molar-refractivity contribution in [3.05, 3.63) is 88.7 Å². The van der Waals surface area contributed by atoms with Gasteiger partial charge in [0.1, 0.15) is 12.4 Å². The molecule has 0 saturated heterocycles. The largest absolute Gasteiger partial charge is 0.322 e. The van der Waals surface area contributed by atoms with Gasteiger partial charge < -0.3 is 5.32 Å². The Morgan fingerprint density at radius 2 is 1.62 bits per heavy atom. The lowest BCUT2D eigenvalue weighted by atomic mass is 10.3. The summed E-state index contributed by atoms with van der Waals surface area (Å²) in [6.45, 7) is -0.633. The summed E-state index contributed by atoms with van der Waals surface area (Å²) >= 11 is 12.2. The number of nitrogens with one attached hydrogen (secondary N) is 1. The summed E-state index contributed by atoms with van der Waals surface area (Å²) in [6.07, 6.45) is 0. The fourth-order valence-corrected chi connectivity index (χ4v) is 4.47. The Hall–Kier alpha value is -2.61. The molecule has 0 atom stereocenters. The highest BCUT2D eigenvalue weighted by atomic mass is 35.5. The smallest absolute Gasteiger partial charge is 0.264 e. The number of hydrogen-bond donors (Lipinski definition) is 1. The molecule has 0 radical (unpaired) electrons. The average Bonchev–Trinajstić information content (AvgIpc) is 2.70. The topological polar surface area (TPSA) is 66.5 Å². The van der Waals surface area contributed by atoms with Crippen molar-refractivity contribution in [2.75, 3.05) is 16.2 Å². The van der Waals surface area contributed by atoms with E-state index in [2.05, 4.69) is 5.32 Å². The first kappa shape index (κ1) is 21.1. The van der Waals surface area contributed by atoms with Crippen LogP contribution in [0.5, 0.6) is 0 Å². The van der Waals surface area contributed by atoms with Gasteiger partial charge >= 0.3 is 0 Å². The molecule has 9 heteroatoms. The number of anilines is 2. The van der Waals surface area contributed by atoms with Crippen LogP contribution in [0.3, 0.4) is 0 Å². The van der Waals surface area contributed by atoms with Crippen LogP contribution in [0, 0.1) is 5.82 Å². The molecule has 1 N–H and O–H groups in total. The van der Waals surface area contributed by atoms with Crippen LogP contribution >= 0.6 is 23.2 Å². The predicted octanol–water partition coefficient (Wildman–Crippen LogP) is 4.97. The first-order chi connectivity index (χ1) is 13.8. The molecule has 3 aromatic rings. The summed E-state index contributed by atoms with van der Waals surface area (Å²) in [5, 5.41) is 2.71. The number of carbonyl (C=O) groups is 1. The summed E-state index contributed by atoms with van der Waals surface area (Å²) in [7, 11) is -4.16. The Bertz CT molecular complexity index is 1140. The Balaban J connectivity index is 2.00. The summed E-state index contributed by atoms with van der Waals surface area (Å²) in [5.41, 5.74) is -0.0292. The first-order valence-electron chi connectivity index (χ1n) is 8.36. The number of para-hydroxylation sites is 1. The maximum Gasteiger partial charge on any atom is 0.264 e. The van der Waals surface area contributed by atoms with Crippen molar-refractivity contribution in [3.63, 3.8) is 0 Å². The summed E-state index contributed by atoms with van der Waals surface area (Å²) in [4.78, 5) is 12.5. The van der Waals surface area contributed by atoms with Gasteiger partial charge in [0.05, 0.1) is 21.3 Å². The quantitative estimate of drug-likeness (QED) is 0.574. The van der Waals surface area contributed by atoms with E-state index in [-0.39, 0.29) is 26.3 Å². The van der Waals surface area contributed by atoms with Crippen LogP contribution < -0.4 is 9.62 Å². The molecule has 0 saturated carbocycles. The van der Waals surface area contributed by atoms with E-state index >= 15 is 0 Å². The van der Waals surface area contributed by atoms with Crippen molar-refractivity contribution in [1.82, 2.24) is 0 Å². The molecule has 0 unspecified atom stereocenters. The maximum absolute atomic E-state index is 13.8. The third-order valence-electron chi connectivity index (χ3n) is 3.94. The van der Waals surface area contributed by atoms with Gasteiger partial charge in [-0.2, -0.15) is 0 Å². The van der Waals surface area contributed by atoms with E-state index in [1.165, 1.54) is 48.5 Å². The number of rotatable bonds is 6. The molecule has 3 aromatic carbocycles. The van der Waals surface area contributed by atoms with Gasteiger partial charge in [0.15, 0.2) is 0 Å². The Labute approximate surface area is 177 Å². The lowest BCUT2D eigenvalue weighted by Crippen LogP contribution is -2.38. The van der Waals surface area contributed by atoms with E-state index in [1.54, 1.807) is 24.3 Å². The van der Waals surface area contributed by atoms with Crippen molar-refractivity contribution < 1.29 is 17.6 Å². The van der Waals surface area contributed by atoms with E-state index in [9.17, 15) is 17.6 Å². The molecule has 0 fully saturated rings. The van der Waals surface area contributed by atoms with E-state index in [4.69, 9.17) is 23.2 Å². The van der Waals surface area contributed by atoms with Gasteiger partial charge in [-0.3, -0.25) is 9.10 Å². The standard InChI is InChI=1S/C20H15Cl2FN2O3S/c21-14-10-11-16(22)19(12-14)25(29(27,28)15-6-2-1-3-7-15)13-20(26)24-18-9-5-4-8-17(18)23/h1-12H,13H2,(H,24,26). The molecule has 0 aliphatic heterocycles. The van der Waals surface area contributed by atoms with Gasteiger partial charge in [-0.15, -0.1) is 0 Å². The zero-order chi connectivity index (χ0) is 21.0. The molecule has 0 aliphatic rings. The third-order valence-corrected chi connectivity index (χ3v) is 6.27. The van der Waals surface area contributed by atoms with Gasteiger partial charge in [-0.1, -0.05) is 53.5 Å². The fraction of sp³-hybridized carbons (Fsp3) is 0.0500. The van der Waals surface area contributed by atoms with Crippen molar-refractivity contribution in [2.24, 2.45) is 0 Å². The number of nitrogens with zero attached hydrogens (tertiary/aromatic N) is 1. The molecule has 0 spiro atoms. The van der Waals surface area contributed by atoms with Gasteiger partial charge in [-0.05, 0) is 42.5 Å². The van der Waals surface area contributed by atoms with Crippen LogP contribution in [-0.2, 0) is 14.8 Å². The monoisotopic (exact) mass is 452 g/mol. The molecule has 1 amide bonds. The van der Waals surface area contributed by atoms with Crippen molar-refractivity contribution in [1.29, 1.82) is 0 Å². The minimum atomic E-state index is -4.16. The lowest BCUT2D eigenvalue weighted by Gasteiger charge is -2.25. The zero-order valence-electron chi connectivity index (χ0n) is 14.8. The molecule has 5 nitrogen and oxygen atoms in total. The number of amides is 1. The van der Waals surface area contributed by atoms with Crippen molar-refractivity contribution in [2.45, 2.75) is 4.90 Å². The minimum Gasteiger partial charge on any atom is -0.322 e. The molecule has 29 heavy (non-hydrogen) atoms. The number of carbonyl (C=O) groups excluding carboxylic acids is 1. The SMILES string of the molecule is O=C(CN(c1cc(Cl)ccc1Cl)S(=O)(=O)c1ccccc1)Nc1ccccc1F. The molecule has 0 heterocycles. The van der Waals surface area contributed by atoms with Crippen molar-refractivity contribution >= 4 is 50.5 Å². The Morgan fingerprint density at radius 1 is 0.966 bits per heavy atom. The summed E-state index contributed by atoms with van der Waals surface area (Å²) < 4.78 is 41.1. The average molecular weight is 453 g/mol. The van der Waals surface area contributed by atoms with E-state index < -0.39 is 28.3 Å². The normalized spacial score (nSPS) is 11.1. The number of hydrogen-bond acceptors (Lipinski definition) is 3. The van der Waals surface area contributed by atoms with Crippen LogP contribution in [0.1, 0.15) is 0 Å². The number of halogens is 3. The summed E-state index contributed by atoms with van der Waals surface area (Å²) in [5.74, 6) is -1.38. The highest BCUT2D eigenvalue weighted by Gasteiger charge is 2.29. The van der Waals surface area contributed by atoms with Gasteiger partial charge in [0.25, 0.3) is 10.0 Å². The van der Waals surface area contributed by atoms with Gasteiger partial charge in [-0.25, -0.2) is 12.8 Å². The third kappa shape index (κ3) is 4.87. The second kappa shape index (κ2) is 8.82. The van der Waals surface area contributed by atoms with E-state index in [0.29, 0.717) is 0 Å². The zero-order valence-corrected chi connectivity index (χ0v) is 17.2. The number of sulfonamides is 1. The molecule has 0 bridgehead atoms. The Kier molecular flexibility index (Phi) is 6.42. The van der Waals surface area contributed by atoms with Crippen LogP contribution in [0.2, 0.25) is 10.0 Å². The van der Waals surface area contributed by atoms with Crippen LogP contribution in [-0.4, -0.2) is 20.9 Å². The molecule has 0 aromatic heterocycles. The molecule has 0 aliphatic carbocycles. The predicted molar refractivity (Wildman–Crippen MR) is 112 cm³/mol. The van der Waals surface area contributed by atoms with Crippen LogP contribution in [0.15, 0.2) is 77.7 Å². The molecular formula is C20H15Cl2FN2O3S. The van der Waals surface area contributed by atoms with Crippen LogP contribution in [0.4, 0.5) is 15.8 Å². The molecule has 150 valence electrons. The summed E-state index contributed by atoms with van der Waals surface area (Å²) in [6, 6.07) is 17.4. The second-order valence-electron chi connectivity index (χ2n) is 5.95. The highest BCUT2D eigenvalue weighted by molar-refractivity contribution is 7.92. The van der Waals surface area contributed by atoms with E-state index in [0.717, 1.165) is 4.31 Å². The maximum atomic E-state index is 13.8. The number of benzene rings is 3. The first-order valence-corrected chi connectivity index (χ1v) is 10.6. The highest BCUT2D eigenvalue weighted by Crippen LogP contribution is 2.33. The second-order valence-corrected chi connectivity index (χ2v) is 8.65. The molecule has 3 rings (SSSR count). The molecular weight excluding hydrogens is 438 g/mol. The van der Waals surface area contributed by atoms with Crippen LogP contribution in [0.25, 0.3) is 0 Å².